The maximum atomic E-state index is 13.5. The van der Waals surface area contributed by atoms with E-state index in [0.717, 1.165) is 9.13 Å². The number of nitrogens with zero attached hydrogens (tertiary/aromatic N) is 2. The third kappa shape index (κ3) is 3.59. The van der Waals surface area contributed by atoms with E-state index in [2.05, 4.69) is 27.9 Å². The van der Waals surface area contributed by atoms with E-state index >= 15 is 0 Å². The first-order chi connectivity index (χ1) is 14.8. The van der Waals surface area contributed by atoms with E-state index < -0.39 is 31.9 Å². The molecule has 0 atom stereocenters. The van der Waals surface area contributed by atoms with Crippen LogP contribution < -0.4 is 10.9 Å². The maximum Gasteiger partial charge on any atom is 0.279 e. The highest BCUT2D eigenvalue weighted by Crippen LogP contribution is 2.37. The Morgan fingerprint density at radius 1 is 1.03 bits per heavy atom. The summed E-state index contributed by atoms with van der Waals surface area (Å²) in [6, 6.07) is 17.9. The number of para-hydroxylation sites is 1. The molecule has 0 aliphatic carbocycles. The van der Waals surface area contributed by atoms with Gasteiger partial charge in [0, 0.05) is 29.1 Å². The molecule has 158 valence electrons. The lowest BCUT2D eigenvalue weighted by molar-refractivity contribution is 0.466. The molecule has 0 fully saturated rings. The molecule has 4 aromatic rings. The molecule has 0 radical (unpaired) electrons. The maximum absolute atomic E-state index is 13.5. The smallest absolute Gasteiger partial charge is 0.279 e. The Labute approximate surface area is 199 Å². The van der Waals surface area contributed by atoms with Crippen molar-refractivity contribution in [1.82, 2.24) is 9.20 Å². The van der Waals surface area contributed by atoms with Crippen LogP contribution in [-0.4, -0.2) is 26.4 Å². The van der Waals surface area contributed by atoms with Crippen LogP contribution in [0.5, 0.6) is 5.75 Å². The van der Waals surface area contributed by atoms with Crippen molar-refractivity contribution in [2.24, 2.45) is 0 Å². The third-order valence-electron chi connectivity index (χ3n) is 4.95. The highest BCUT2D eigenvalue weighted by Gasteiger charge is 2.29. The Bertz CT molecular complexity index is 1540. The first-order valence-corrected chi connectivity index (χ1v) is 15.4. The van der Waals surface area contributed by atoms with Gasteiger partial charge in [-0.2, -0.15) is 0 Å². The van der Waals surface area contributed by atoms with Crippen molar-refractivity contribution in [2.45, 2.75) is 11.4 Å². The molecule has 0 amide bonds. The number of hydrogen-bond acceptors (Lipinski definition) is 5. The summed E-state index contributed by atoms with van der Waals surface area (Å²) < 4.78 is 30.3. The predicted octanol–water partition coefficient (Wildman–Crippen LogP) is 3.72. The fraction of sp³-hybridized carbons (Fsp3) is 0.0476. The summed E-state index contributed by atoms with van der Waals surface area (Å²) in [4.78, 5) is 13.8. The monoisotopic (exact) mass is 659 g/mol. The second-order valence-corrected chi connectivity index (χ2v) is 15.5. The van der Waals surface area contributed by atoms with Gasteiger partial charge in [0.15, 0.2) is 5.75 Å². The summed E-state index contributed by atoms with van der Waals surface area (Å²) in [7, 11) is -3.55. The number of aromatic nitrogens is 2. The molecule has 0 saturated heterocycles. The van der Waals surface area contributed by atoms with Gasteiger partial charge in [-0.05, 0) is 64.6 Å². The molecule has 0 bridgehead atoms. The van der Waals surface area contributed by atoms with E-state index in [1.54, 1.807) is 47.1 Å². The van der Waals surface area contributed by atoms with Crippen molar-refractivity contribution < 1.29 is 13.5 Å². The minimum atomic E-state index is -3.55. The Balaban J connectivity index is 1.73. The van der Waals surface area contributed by atoms with Gasteiger partial charge in [-0.25, -0.2) is 13.1 Å². The normalized spacial score (nSPS) is 14.9. The molecular weight excluding hydrogens is 644 g/mol. The van der Waals surface area contributed by atoms with E-state index in [-0.39, 0.29) is 26.4 Å². The molecule has 0 unspecified atom stereocenters. The summed E-state index contributed by atoms with van der Waals surface area (Å²) in [5.74, 6) is -0.217. The van der Waals surface area contributed by atoms with Crippen molar-refractivity contribution >= 4 is 63.8 Å². The van der Waals surface area contributed by atoms with Crippen LogP contribution in [0.25, 0.3) is 5.52 Å². The number of fused-ring (bicyclic) bond motifs is 2. The number of rotatable bonds is 3. The molecule has 0 spiro atoms. The molecule has 5 rings (SSSR count). The molecule has 1 aliphatic rings. The van der Waals surface area contributed by atoms with E-state index in [1.165, 1.54) is 4.68 Å². The van der Waals surface area contributed by atoms with Gasteiger partial charge in [0.05, 0.1) is 17.1 Å². The number of hydrogen-bond donors (Lipinski definition) is 2. The topological polar surface area (TPSA) is 92.8 Å². The van der Waals surface area contributed by atoms with Crippen LogP contribution in [0.3, 0.4) is 0 Å². The Morgan fingerprint density at radius 3 is 2.55 bits per heavy atom. The molecule has 0 saturated carbocycles. The zero-order chi connectivity index (χ0) is 21.8. The number of nitrogens with one attached hydrogen (secondary N) is 1. The van der Waals surface area contributed by atoms with Crippen molar-refractivity contribution in [3.8, 4) is 5.75 Å². The van der Waals surface area contributed by atoms with Gasteiger partial charge < -0.3 is 10.4 Å². The summed E-state index contributed by atoms with van der Waals surface area (Å²) in [6.45, 7) is 0.281. The van der Waals surface area contributed by atoms with E-state index in [1.807, 2.05) is 24.3 Å². The molecule has 31 heavy (non-hydrogen) atoms. The lowest BCUT2D eigenvalue weighted by Gasteiger charge is -2.20. The number of benzene rings is 2. The Hall–Kier alpha value is -2.19. The van der Waals surface area contributed by atoms with Crippen molar-refractivity contribution in [1.29, 1.82) is 0 Å². The lowest BCUT2D eigenvalue weighted by atomic mass is 10.2. The van der Waals surface area contributed by atoms with Crippen LogP contribution in [0.4, 0.5) is 5.69 Å². The fourth-order valence-electron chi connectivity index (χ4n) is 3.50. The molecule has 3 heterocycles. The van der Waals surface area contributed by atoms with Gasteiger partial charge in [0.2, 0.25) is 7.01 Å². The predicted molar refractivity (Wildman–Crippen MR) is 137 cm³/mol. The average Bonchev–Trinajstić information content (AvgIpc) is 3.22. The van der Waals surface area contributed by atoms with Crippen LogP contribution in [0.15, 0.2) is 76.6 Å². The fourth-order valence-corrected chi connectivity index (χ4v) is 10.3. The minimum Gasteiger partial charge on any atom is -0.505 e. The quantitative estimate of drug-likeness (QED) is 0.259. The van der Waals surface area contributed by atoms with Gasteiger partial charge >= 0.3 is 0 Å². The average molecular weight is 659 g/mol. The first-order valence-electron chi connectivity index (χ1n) is 9.18. The number of aromatic hydroxyl groups is 1. The van der Waals surface area contributed by atoms with Crippen LogP contribution in [0.1, 0.15) is 11.1 Å². The second-order valence-electron chi connectivity index (χ2n) is 6.90. The van der Waals surface area contributed by atoms with Crippen LogP contribution in [0, 0.1) is 3.57 Å². The summed E-state index contributed by atoms with van der Waals surface area (Å²) in [5.41, 5.74) is 1.35. The van der Waals surface area contributed by atoms with Gasteiger partial charge in [-0.1, -0.05) is 24.3 Å². The largest absolute Gasteiger partial charge is 0.505 e. The van der Waals surface area contributed by atoms with Gasteiger partial charge in [-0.3, -0.25) is 9.31 Å². The second kappa shape index (κ2) is 7.74. The standard InChI is InChI=1S/C21H15I2N3O4S/c22-14-9-7-13(8-10-14)12-26-21(28)18(19(27)16-5-3-11-25(16)26)20-23-31(29,30)17-6-2-1-4-15(17)24-20/h1-11,24,27H,12H2. The molecule has 2 N–H and O–H groups in total. The zero-order valence-electron chi connectivity index (χ0n) is 15.8. The van der Waals surface area contributed by atoms with Gasteiger partial charge in [0.1, 0.15) is 14.7 Å². The molecule has 10 heteroatoms. The van der Waals surface area contributed by atoms with E-state index in [4.69, 9.17) is 0 Å². The Kier molecular flexibility index (Phi) is 5.17. The Morgan fingerprint density at radius 2 is 1.77 bits per heavy atom. The lowest BCUT2D eigenvalue weighted by Crippen LogP contribution is -2.34. The van der Waals surface area contributed by atoms with Crippen molar-refractivity contribution in [2.75, 3.05) is 5.32 Å². The molecule has 1 aliphatic heterocycles. The summed E-state index contributed by atoms with van der Waals surface area (Å²) >= 11 is 0.594. The van der Waals surface area contributed by atoms with Crippen LogP contribution >= 0.6 is 41.9 Å². The first kappa shape index (κ1) is 20.7. The van der Waals surface area contributed by atoms with Gasteiger partial charge in [-0.15, -0.1) is 0 Å². The van der Waals surface area contributed by atoms with Crippen molar-refractivity contribution in [3.05, 3.63) is 91.9 Å². The number of anilines is 1. The number of halogens is 2. The highest BCUT2D eigenvalue weighted by molar-refractivity contribution is 14.2. The van der Waals surface area contributed by atoms with Crippen molar-refractivity contribution in [3.63, 3.8) is 0 Å². The van der Waals surface area contributed by atoms with E-state index in [0.29, 0.717) is 11.2 Å². The van der Waals surface area contributed by atoms with Crippen LogP contribution in [0.2, 0.25) is 0 Å². The summed E-state index contributed by atoms with van der Waals surface area (Å²) in [5, 5.41) is 14.1. The highest BCUT2D eigenvalue weighted by atomic mass is 127. The minimum absolute atomic E-state index is 0.0163. The molecule has 2 aromatic carbocycles. The SMILES string of the molecule is O=c1c(C2=IS(=O)(=O)c3ccccc3N2)c(O)c2cccn2n1Cc1ccc(I)cc1. The molecule has 2 aromatic heterocycles. The molecular formula is C21H15I2N3O4S. The van der Waals surface area contributed by atoms with Crippen LogP contribution in [-0.2, 0) is 13.6 Å². The summed E-state index contributed by atoms with van der Waals surface area (Å²) in [6.07, 6.45) is 1.70. The zero-order valence-corrected chi connectivity index (χ0v) is 20.9. The van der Waals surface area contributed by atoms with Gasteiger partial charge in [0.25, 0.3) is 5.56 Å². The third-order valence-corrected chi connectivity index (χ3v) is 12.2. The molecule has 7 nitrogen and oxygen atoms in total. The van der Waals surface area contributed by atoms with E-state index in [9.17, 15) is 18.3 Å².